The molecule has 0 N–H and O–H groups in total. The standard InChI is InChI=1S/C18H15ClN2OS/c1-22-16-9-7-15(8-10-16)20-21-13-3-2-4-18(21)23-17-11-5-14(19)6-12-17/h2-13H,1H3. The lowest BCUT2D eigenvalue weighted by molar-refractivity contribution is -0.658. The molecule has 2 aromatic carbocycles. The van der Waals surface area contributed by atoms with Crippen LogP contribution in [-0.4, -0.2) is 7.11 Å². The van der Waals surface area contributed by atoms with Crippen molar-refractivity contribution < 1.29 is 9.41 Å². The number of pyridine rings is 1. The molecule has 0 aliphatic rings. The minimum Gasteiger partial charge on any atom is -0.497 e. The van der Waals surface area contributed by atoms with E-state index in [0.717, 1.165) is 26.4 Å². The van der Waals surface area contributed by atoms with Gasteiger partial charge in [0.1, 0.15) is 5.75 Å². The van der Waals surface area contributed by atoms with Crippen LogP contribution < -0.4 is 9.41 Å². The number of nitrogens with zero attached hydrogens (tertiary/aromatic N) is 2. The van der Waals surface area contributed by atoms with Crippen molar-refractivity contribution in [2.75, 3.05) is 7.11 Å². The molecule has 0 aliphatic carbocycles. The smallest absolute Gasteiger partial charge is 0.240 e. The summed E-state index contributed by atoms with van der Waals surface area (Å²) in [5.74, 6) is 0.817. The molecule has 3 nitrogen and oxygen atoms in total. The fourth-order valence-corrected chi connectivity index (χ4v) is 2.96. The molecule has 3 aromatic rings. The number of halogens is 1. The first kappa shape index (κ1) is 15.7. The Balaban J connectivity index is 1.80. The Morgan fingerprint density at radius 1 is 0.957 bits per heavy atom. The first-order chi connectivity index (χ1) is 11.2. The maximum Gasteiger partial charge on any atom is 0.240 e. The molecule has 0 saturated carbocycles. The van der Waals surface area contributed by atoms with E-state index in [1.54, 1.807) is 18.9 Å². The Labute approximate surface area is 144 Å². The van der Waals surface area contributed by atoms with Gasteiger partial charge in [0.2, 0.25) is 5.03 Å². The summed E-state index contributed by atoms with van der Waals surface area (Å²) in [4.78, 5) is 1.11. The first-order valence-corrected chi connectivity index (χ1v) is 8.24. The average Bonchev–Trinajstić information content (AvgIpc) is 2.59. The van der Waals surface area contributed by atoms with Crippen molar-refractivity contribution in [3.63, 3.8) is 0 Å². The average molecular weight is 343 g/mol. The number of hydrogen-bond donors (Lipinski definition) is 0. The van der Waals surface area contributed by atoms with E-state index in [1.165, 1.54) is 0 Å². The van der Waals surface area contributed by atoms with Crippen LogP contribution in [0.4, 0.5) is 5.69 Å². The van der Waals surface area contributed by atoms with Gasteiger partial charge in [-0.3, -0.25) is 0 Å². The third-order valence-corrected chi connectivity index (χ3v) is 4.43. The van der Waals surface area contributed by atoms with Crippen LogP contribution >= 0.6 is 23.4 Å². The summed E-state index contributed by atoms with van der Waals surface area (Å²) in [6.45, 7) is 0. The normalized spacial score (nSPS) is 10.3. The zero-order chi connectivity index (χ0) is 16.1. The second-order valence-electron chi connectivity index (χ2n) is 4.74. The summed E-state index contributed by atoms with van der Waals surface area (Å²) >= 11 is 7.57. The zero-order valence-corrected chi connectivity index (χ0v) is 14.1. The first-order valence-electron chi connectivity index (χ1n) is 7.05. The van der Waals surface area contributed by atoms with Crippen LogP contribution in [0.5, 0.6) is 5.75 Å². The molecule has 0 radical (unpaired) electrons. The van der Waals surface area contributed by atoms with Crippen molar-refractivity contribution in [2.45, 2.75) is 9.92 Å². The van der Waals surface area contributed by atoms with Crippen LogP contribution in [0.2, 0.25) is 5.02 Å². The van der Waals surface area contributed by atoms with Crippen molar-refractivity contribution in [1.82, 2.24) is 0 Å². The van der Waals surface area contributed by atoms with Gasteiger partial charge in [-0.05, 0) is 54.2 Å². The largest absolute Gasteiger partial charge is 0.497 e. The lowest BCUT2D eigenvalue weighted by Gasteiger charge is -2.16. The van der Waals surface area contributed by atoms with Crippen molar-refractivity contribution in [2.24, 2.45) is 0 Å². The molecule has 1 heterocycles. The molecule has 0 bridgehead atoms. The van der Waals surface area contributed by atoms with Gasteiger partial charge in [-0.1, -0.05) is 29.4 Å². The molecule has 0 fully saturated rings. The van der Waals surface area contributed by atoms with E-state index in [1.807, 2.05) is 77.6 Å². The quantitative estimate of drug-likeness (QED) is 0.592. The SMILES string of the molecule is COc1ccc([N-][n+]2ccccc2Sc2ccc(Cl)cc2)cc1. The Hall–Kier alpha value is -2.17. The number of benzene rings is 2. The zero-order valence-electron chi connectivity index (χ0n) is 12.5. The van der Waals surface area contributed by atoms with Crippen molar-refractivity contribution in [3.8, 4) is 5.75 Å². The monoisotopic (exact) mass is 342 g/mol. The molecule has 1 aromatic heterocycles. The number of ether oxygens (including phenoxy) is 1. The van der Waals surface area contributed by atoms with Gasteiger partial charge in [-0.25, -0.2) is 4.68 Å². The molecule has 23 heavy (non-hydrogen) atoms. The van der Waals surface area contributed by atoms with Gasteiger partial charge in [0.15, 0.2) is 6.20 Å². The lowest BCUT2D eigenvalue weighted by Crippen LogP contribution is -2.30. The van der Waals surface area contributed by atoms with Gasteiger partial charge in [0, 0.05) is 22.1 Å². The van der Waals surface area contributed by atoms with Crippen LogP contribution in [0.3, 0.4) is 0 Å². The molecule has 5 heteroatoms. The highest BCUT2D eigenvalue weighted by Crippen LogP contribution is 2.28. The molecule has 0 amide bonds. The van der Waals surface area contributed by atoms with Crippen molar-refractivity contribution in [1.29, 1.82) is 0 Å². The minimum absolute atomic E-state index is 0.734. The summed E-state index contributed by atoms with van der Waals surface area (Å²) in [7, 11) is 1.65. The molecule has 0 saturated heterocycles. The van der Waals surface area contributed by atoms with E-state index in [4.69, 9.17) is 16.3 Å². The van der Waals surface area contributed by atoms with Crippen molar-refractivity contribution in [3.05, 3.63) is 83.4 Å². The van der Waals surface area contributed by atoms with E-state index in [-0.39, 0.29) is 0 Å². The lowest BCUT2D eigenvalue weighted by atomic mass is 10.3. The predicted molar refractivity (Wildman–Crippen MR) is 93.6 cm³/mol. The molecule has 3 rings (SSSR count). The highest BCUT2D eigenvalue weighted by atomic mass is 35.5. The van der Waals surface area contributed by atoms with E-state index in [0.29, 0.717) is 0 Å². The summed E-state index contributed by atoms with van der Waals surface area (Å²) in [5, 5.41) is 1.75. The van der Waals surface area contributed by atoms with Crippen LogP contribution in [0.25, 0.3) is 5.43 Å². The fraction of sp³-hybridized carbons (Fsp3) is 0.0556. The summed E-state index contributed by atoms with van der Waals surface area (Å²) in [6, 6.07) is 21.4. The van der Waals surface area contributed by atoms with E-state index in [2.05, 4.69) is 5.43 Å². The molecule has 0 unspecified atom stereocenters. The van der Waals surface area contributed by atoms with Gasteiger partial charge < -0.3 is 10.2 Å². The highest BCUT2D eigenvalue weighted by Gasteiger charge is 2.07. The maximum absolute atomic E-state index is 5.93. The topological polar surface area (TPSA) is 27.2 Å². The second-order valence-corrected chi connectivity index (χ2v) is 6.27. The number of aromatic nitrogens is 1. The third-order valence-electron chi connectivity index (χ3n) is 3.13. The van der Waals surface area contributed by atoms with Gasteiger partial charge in [0.05, 0.1) is 7.11 Å². The van der Waals surface area contributed by atoms with E-state index >= 15 is 0 Å². The molecule has 0 spiro atoms. The molecular weight excluding hydrogens is 328 g/mol. The maximum atomic E-state index is 5.93. The Bertz CT molecular complexity index is 776. The van der Waals surface area contributed by atoms with Gasteiger partial charge in [-0.2, -0.15) is 0 Å². The molecule has 0 atom stereocenters. The predicted octanol–water partition coefficient (Wildman–Crippen LogP) is 5.26. The highest BCUT2D eigenvalue weighted by molar-refractivity contribution is 7.99. The number of hydrogen-bond acceptors (Lipinski definition) is 2. The fourth-order valence-electron chi connectivity index (χ4n) is 1.98. The van der Waals surface area contributed by atoms with Gasteiger partial charge >= 0.3 is 0 Å². The van der Waals surface area contributed by atoms with Gasteiger partial charge in [-0.15, -0.1) is 0 Å². The number of methoxy groups -OCH3 is 1. The molecular formula is C18H15ClN2OS. The van der Waals surface area contributed by atoms with Gasteiger partial charge in [0.25, 0.3) is 0 Å². The Morgan fingerprint density at radius 2 is 1.70 bits per heavy atom. The second kappa shape index (κ2) is 7.40. The summed E-state index contributed by atoms with van der Waals surface area (Å²) in [5.41, 5.74) is 5.51. The van der Waals surface area contributed by atoms with E-state index < -0.39 is 0 Å². The van der Waals surface area contributed by atoms with Crippen molar-refractivity contribution >= 4 is 29.1 Å². The summed E-state index contributed by atoms with van der Waals surface area (Å²) in [6.07, 6.45) is 1.93. The van der Waals surface area contributed by atoms with Crippen LogP contribution in [0.1, 0.15) is 0 Å². The summed E-state index contributed by atoms with van der Waals surface area (Å²) < 4.78 is 7.03. The Morgan fingerprint density at radius 3 is 2.39 bits per heavy atom. The Kier molecular flexibility index (Phi) is 5.05. The van der Waals surface area contributed by atoms with Crippen LogP contribution in [0.15, 0.2) is 82.8 Å². The number of rotatable bonds is 5. The molecule has 0 aliphatic heterocycles. The molecule has 116 valence electrons. The van der Waals surface area contributed by atoms with Crippen LogP contribution in [-0.2, 0) is 0 Å². The van der Waals surface area contributed by atoms with E-state index in [9.17, 15) is 0 Å². The van der Waals surface area contributed by atoms with Crippen LogP contribution in [0, 0.1) is 0 Å². The third kappa shape index (κ3) is 4.18. The minimum atomic E-state index is 0.734.